The molecule has 0 atom stereocenters. The number of rotatable bonds is 6. The third kappa shape index (κ3) is 4.50. The maximum atomic E-state index is 13.1. The van der Waals surface area contributed by atoms with Crippen molar-refractivity contribution in [2.45, 2.75) is 11.1 Å². The van der Waals surface area contributed by atoms with Crippen LogP contribution in [0.2, 0.25) is 0 Å². The molecule has 0 saturated carbocycles. The Bertz CT molecular complexity index is 1380. The van der Waals surface area contributed by atoms with Crippen LogP contribution in [0.5, 0.6) is 0 Å². The number of Topliss-reactive ketones (excluding diaryl/α,β-unsaturated/α-hetero) is 1. The minimum atomic E-state index is -3.83. The number of thiophene rings is 1. The standard InChI is InChI=1S/C23H18N2O4S2/c1-15(26)16-8-10-19(11-9-16)24-23(27)20-13-17-5-2-3-6-18(17)14-21(20)25-31(28,29)22-7-4-12-30-22/h2-14,25H,1H3,(H,24,27). The highest BCUT2D eigenvalue weighted by Gasteiger charge is 2.20. The van der Waals surface area contributed by atoms with Gasteiger partial charge in [0.2, 0.25) is 0 Å². The second-order valence-corrected chi connectivity index (χ2v) is 9.73. The van der Waals surface area contributed by atoms with Crippen LogP contribution < -0.4 is 10.0 Å². The van der Waals surface area contributed by atoms with Gasteiger partial charge in [0.15, 0.2) is 5.78 Å². The quantitative estimate of drug-likeness (QED) is 0.397. The molecule has 2 N–H and O–H groups in total. The second kappa shape index (κ2) is 8.33. The fourth-order valence-electron chi connectivity index (χ4n) is 3.11. The predicted molar refractivity (Wildman–Crippen MR) is 123 cm³/mol. The minimum absolute atomic E-state index is 0.0716. The molecule has 8 heteroatoms. The van der Waals surface area contributed by atoms with E-state index in [2.05, 4.69) is 10.0 Å². The summed E-state index contributed by atoms with van der Waals surface area (Å²) in [6, 6.07) is 20.4. The van der Waals surface area contributed by atoms with E-state index < -0.39 is 15.9 Å². The van der Waals surface area contributed by atoms with Crippen LogP contribution in [0, 0.1) is 0 Å². The number of fused-ring (bicyclic) bond motifs is 1. The second-order valence-electron chi connectivity index (χ2n) is 6.87. The molecule has 4 aromatic rings. The molecule has 3 aromatic carbocycles. The van der Waals surface area contributed by atoms with E-state index in [1.54, 1.807) is 47.8 Å². The lowest BCUT2D eigenvalue weighted by Crippen LogP contribution is -2.18. The summed E-state index contributed by atoms with van der Waals surface area (Å²) in [5.74, 6) is -0.539. The molecule has 0 aliphatic carbocycles. The third-order valence-electron chi connectivity index (χ3n) is 4.68. The molecular weight excluding hydrogens is 432 g/mol. The van der Waals surface area contributed by atoms with Gasteiger partial charge in [-0.3, -0.25) is 14.3 Å². The van der Waals surface area contributed by atoms with Crippen LogP contribution in [0.4, 0.5) is 11.4 Å². The molecule has 0 saturated heterocycles. The van der Waals surface area contributed by atoms with Crippen LogP contribution in [0.3, 0.4) is 0 Å². The van der Waals surface area contributed by atoms with Crippen LogP contribution >= 0.6 is 11.3 Å². The van der Waals surface area contributed by atoms with Gasteiger partial charge in [0.05, 0.1) is 11.3 Å². The van der Waals surface area contributed by atoms with Crippen LogP contribution in [-0.4, -0.2) is 20.1 Å². The van der Waals surface area contributed by atoms with Gasteiger partial charge in [-0.15, -0.1) is 11.3 Å². The lowest BCUT2D eigenvalue weighted by molar-refractivity contribution is 0.101. The number of hydrogen-bond donors (Lipinski definition) is 2. The predicted octanol–water partition coefficient (Wildman–Crippen LogP) is 5.16. The van der Waals surface area contributed by atoms with Gasteiger partial charge in [-0.25, -0.2) is 8.42 Å². The smallest absolute Gasteiger partial charge is 0.271 e. The van der Waals surface area contributed by atoms with Crippen molar-refractivity contribution < 1.29 is 18.0 Å². The number of carbonyl (C=O) groups excluding carboxylic acids is 2. The Hall–Kier alpha value is -3.49. The number of nitrogens with one attached hydrogen (secondary N) is 2. The molecule has 6 nitrogen and oxygen atoms in total. The first-order valence-electron chi connectivity index (χ1n) is 9.35. The van der Waals surface area contributed by atoms with E-state index in [9.17, 15) is 18.0 Å². The largest absolute Gasteiger partial charge is 0.322 e. The normalized spacial score (nSPS) is 11.3. The van der Waals surface area contributed by atoms with Gasteiger partial charge in [0, 0.05) is 11.3 Å². The number of carbonyl (C=O) groups is 2. The molecular formula is C23H18N2O4S2. The zero-order valence-electron chi connectivity index (χ0n) is 16.5. The maximum Gasteiger partial charge on any atom is 0.271 e. The van der Waals surface area contributed by atoms with E-state index in [1.807, 2.05) is 24.3 Å². The number of hydrogen-bond acceptors (Lipinski definition) is 5. The molecule has 1 heterocycles. The van der Waals surface area contributed by atoms with Crippen molar-refractivity contribution in [2.75, 3.05) is 10.0 Å². The van der Waals surface area contributed by atoms with E-state index >= 15 is 0 Å². The number of benzene rings is 3. The van der Waals surface area contributed by atoms with E-state index in [4.69, 9.17) is 0 Å². The SMILES string of the molecule is CC(=O)c1ccc(NC(=O)c2cc3ccccc3cc2NS(=O)(=O)c2cccs2)cc1. The molecule has 0 aliphatic heterocycles. The lowest BCUT2D eigenvalue weighted by atomic mass is 10.0. The molecule has 1 amide bonds. The summed E-state index contributed by atoms with van der Waals surface area (Å²) in [5.41, 5.74) is 1.41. The highest BCUT2D eigenvalue weighted by atomic mass is 32.2. The fraction of sp³-hybridized carbons (Fsp3) is 0.0435. The van der Waals surface area contributed by atoms with Crippen molar-refractivity contribution in [3.8, 4) is 0 Å². The van der Waals surface area contributed by atoms with Crippen LogP contribution in [0.15, 0.2) is 82.4 Å². The summed E-state index contributed by atoms with van der Waals surface area (Å²) in [6.07, 6.45) is 0. The van der Waals surface area contributed by atoms with Gasteiger partial charge in [-0.2, -0.15) is 0 Å². The zero-order valence-corrected chi connectivity index (χ0v) is 18.1. The van der Waals surface area contributed by atoms with Gasteiger partial charge >= 0.3 is 0 Å². The Morgan fingerprint density at radius 2 is 1.55 bits per heavy atom. The minimum Gasteiger partial charge on any atom is -0.322 e. The number of ketones is 1. The molecule has 156 valence electrons. The lowest BCUT2D eigenvalue weighted by Gasteiger charge is -2.14. The van der Waals surface area contributed by atoms with Gasteiger partial charge in [-0.05, 0) is 65.5 Å². The average molecular weight is 451 g/mol. The van der Waals surface area contributed by atoms with Crippen molar-refractivity contribution in [1.82, 2.24) is 0 Å². The van der Waals surface area contributed by atoms with Crippen molar-refractivity contribution >= 4 is 55.2 Å². The third-order valence-corrected chi connectivity index (χ3v) is 7.45. The Morgan fingerprint density at radius 1 is 0.871 bits per heavy atom. The highest BCUT2D eigenvalue weighted by Crippen LogP contribution is 2.28. The van der Waals surface area contributed by atoms with Gasteiger partial charge in [0.1, 0.15) is 4.21 Å². The van der Waals surface area contributed by atoms with Gasteiger partial charge in [-0.1, -0.05) is 30.3 Å². The molecule has 0 aliphatic rings. The number of anilines is 2. The number of sulfonamides is 1. The first kappa shape index (κ1) is 20.8. The van der Waals surface area contributed by atoms with Gasteiger partial charge in [0.25, 0.3) is 15.9 Å². The molecule has 31 heavy (non-hydrogen) atoms. The molecule has 0 spiro atoms. The molecule has 1 aromatic heterocycles. The van der Waals surface area contributed by atoms with Crippen LogP contribution in [-0.2, 0) is 10.0 Å². The molecule has 0 fully saturated rings. The topological polar surface area (TPSA) is 92.3 Å². The molecule has 0 unspecified atom stereocenters. The summed E-state index contributed by atoms with van der Waals surface area (Å²) >= 11 is 1.09. The summed E-state index contributed by atoms with van der Waals surface area (Å²) in [5, 5.41) is 6.05. The summed E-state index contributed by atoms with van der Waals surface area (Å²) in [4.78, 5) is 24.5. The van der Waals surface area contributed by atoms with Crippen molar-refractivity contribution in [2.24, 2.45) is 0 Å². The van der Waals surface area contributed by atoms with E-state index in [0.717, 1.165) is 22.1 Å². The Morgan fingerprint density at radius 3 is 2.16 bits per heavy atom. The van der Waals surface area contributed by atoms with E-state index in [1.165, 1.54) is 13.0 Å². The van der Waals surface area contributed by atoms with Gasteiger partial charge < -0.3 is 5.32 Å². The highest BCUT2D eigenvalue weighted by molar-refractivity contribution is 7.94. The van der Waals surface area contributed by atoms with Crippen LogP contribution in [0.1, 0.15) is 27.6 Å². The van der Waals surface area contributed by atoms with Crippen molar-refractivity contribution in [3.63, 3.8) is 0 Å². The Kier molecular flexibility index (Phi) is 5.58. The fourth-order valence-corrected chi connectivity index (χ4v) is 5.17. The molecule has 0 bridgehead atoms. The van der Waals surface area contributed by atoms with Crippen molar-refractivity contribution in [3.05, 3.63) is 89.3 Å². The average Bonchev–Trinajstić information content (AvgIpc) is 3.29. The zero-order chi connectivity index (χ0) is 22.0. The summed E-state index contributed by atoms with van der Waals surface area (Å²) < 4.78 is 28.2. The van der Waals surface area contributed by atoms with E-state index in [0.29, 0.717) is 11.3 Å². The van der Waals surface area contributed by atoms with E-state index in [-0.39, 0.29) is 21.2 Å². The summed E-state index contributed by atoms with van der Waals surface area (Å²) in [6.45, 7) is 1.47. The van der Waals surface area contributed by atoms with Crippen LogP contribution in [0.25, 0.3) is 10.8 Å². The van der Waals surface area contributed by atoms with Crippen molar-refractivity contribution in [1.29, 1.82) is 0 Å². The first-order chi connectivity index (χ1) is 14.8. The monoisotopic (exact) mass is 450 g/mol. The Balaban J connectivity index is 1.72. The maximum absolute atomic E-state index is 13.1. The molecule has 0 radical (unpaired) electrons. The molecule has 4 rings (SSSR count). The summed E-state index contributed by atoms with van der Waals surface area (Å²) in [7, 11) is -3.83. The Labute approximate surface area is 183 Å². The first-order valence-corrected chi connectivity index (χ1v) is 11.7. The number of amides is 1.